The Bertz CT molecular complexity index is 926. The van der Waals surface area contributed by atoms with Crippen molar-refractivity contribution in [2.75, 3.05) is 7.05 Å². The van der Waals surface area contributed by atoms with Crippen LogP contribution in [0.1, 0.15) is 28.8 Å². The predicted octanol–water partition coefficient (Wildman–Crippen LogP) is 2.68. The zero-order valence-electron chi connectivity index (χ0n) is 14.1. The van der Waals surface area contributed by atoms with Gasteiger partial charge >= 0.3 is 0 Å². The summed E-state index contributed by atoms with van der Waals surface area (Å²) in [5.41, 5.74) is 1.11. The summed E-state index contributed by atoms with van der Waals surface area (Å²) in [4.78, 5) is 10.9. The van der Waals surface area contributed by atoms with E-state index in [1.165, 1.54) is 11.4 Å². The van der Waals surface area contributed by atoms with Crippen LogP contribution in [0.5, 0.6) is 0 Å². The molecule has 138 valence electrons. The van der Waals surface area contributed by atoms with Gasteiger partial charge in [-0.2, -0.15) is 4.31 Å². The molecule has 1 aliphatic carbocycles. The summed E-state index contributed by atoms with van der Waals surface area (Å²) < 4.78 is 54.4. The van der Waals surface area contributed by atoms with Gasteiger partial charge in [0.05, 0.1) is 0 Å². The quantitative estimate of drug-likeness (QED) is 0.838. The number of sulfonamides is 1. The summed E-state index contributed by atoms with van der Waals surface area (Å²) >= 11 is 0. The Kier molecular flexibility index (Phi) is 5.06. The first kappa shape index (κ1) is 18.5. The van der Waals surface area contributed by atoms with Crippen LogP contribution in [-0.2, 0) is 16.6 Å². The first-order chi connectivity index (χ1) is 12.3. The summed E-state index contributed by atoms with van der Waals surface area (Å²) in [6, 6.07) is 8.65. The van der Waals surface area contributed by atoms with Gasteiger partial charge in [-0.3, -0.25) is 4.79 Å². The Labute approximate surface area is 150 Å². The second kappa shape index (κ2) is 7.13. The molecule has 0 atom stereocenters. The molecular weight excluding hydrogens is 362 g/mol. The monoisotopic (exact) mass is 380 g/mol. The molecule has 2 aromatic carbocycles. The van der Waals surface area contributed by atoms with Crippen molar-refractivity contribution in [3.8, 4) is 0 Å². The van der Waals surface area contributed by atoms with E-state index in [-0.39, 0.29) is 18.5 Å². The Hall–Kier alpha value is -2.32. The lowest BCUT2D eigenvalue weighted by atomic mass is 10.1. The molecule has 0 heterocycles. The fourth-order valence-electron chi connectivity index (χ4n) is 2.66. The number of carbonyl (C=O) groups is 1. The number of halogens is 2. The second-order valence-electron chi connectivity index (χ2n) is 6.13. The Balaban J connectivity index is 1.90. The van der Waals surface area contributed by atoms with Gasteiger partial charge in [0, 0.05) is 25.2 Å². The van der Waals surface area contributed by atoms with Gasteiger partial charge in [-0.1, -0.05) is 12.1 Å². The fourth-order valence-corrected chi connectivity index (χ4v) is 4.41. The van der Waals surface area contributed by atoms with E-state index in [4.69, 9.17) is 0 Å². The van der Waals surface area contributed by atoms with Crippen LogP contribution in [0, 0.1) is 11.6 Å². The summed E-state index contributed by atoms with van der Waals surface area (Å²) in [5, 5.41) is 2.50. The maximum Gasteiger partial charge on any atom is 0.251 e. The molecule has 0 saturated heterocycles. The number of nitrogens with zero attached hydrogens (tertiary/aromatic N) is 1. The van der Waals surface area contributed by atoms with Crippen molar-refractivity contribution in [2.45, 2.75) is 30.3 Å². The van der Waals surface area contributed by atoms with Gasteiger partial charge in [-0.05, 0) is 48.7 Å². The minimum absolute atomic E-state index is 0.0248. The molecule has 26 heavy (non-hydrogen) atoms. The van der Waals surface area contributed by atoms with Crippen LogP contribution in [-0.4, -0.2) is 31.7 Å². The Morgan fingerprint density at radius 1 is 1.15 bits per heavy atom. The largest absolute Gasteiger partial charge is 0.355 e. The summed E-state index contributed by atoms with van der Waals surface area (Å²) in [7, 11) is -2.66. The molecule has 2 aromatic rings. The Morgan fingerprint density at radius 2 is 1.81 bits per heavy atom. The highest BCUT2D eigenvalue weighted by Gasteiger charge is 2.39. The van der Waals surface area contributed by atoms with Crippen LogP contribution in [0.4, 0.5) is 8.78 Å². The molecule has 3 rings (SSSR count). The molecule has 0 unspecified atom stereocenters. The first-order valence-electron chi connectivity index (χ1n) is 8.11. The number of benzene rings is 2. The molecule has 5 nitrogen and oxygen atoms in total. The van der Waals surface area contributed by atoms with Gasteiger partial charge in [-0.25, -0.2) is 17.2 Å². The molecule has 1 aliphatic rings. The van der Waals surface area contributed by atoms with E-state index in [1.54, 1.807) is 24.3 Å². The second-order valence-corrected chi connectivity index (χ2v) is 7.99. The van der Waals surface area contributed by atoms with Crippen LogP contribution in [0.3, 0.4) is 0 Å². The molecule has 1 amide bonds. The van der Waals surface area contributed by atoms with E-state index in [0.29, 0.717) is 30.0 Å². The normalized spacial score (nSPS) is 14.5. The molecule has 8 heteroatoms. The SMILES string of the molecule is CNC(=O)c1ccc(CN(C2CC2)S(=O)(=O)c2cc(F)ccc2F)cc1. The van der Waals surface area contributed by atoms with Crippen molar-refractivity contribution < 1.29 is 22.0 Å². The predicted molar refractivity (Wildman–Crippen MR) is 91.9 cm³/mol. The van der Waals surface area contributed by atoms with E-state index >= 15 is 0 Å². The fraction of sp³-hybridized carbons (Fsp3) is 0.278. The third kappa shape index (κ3) is 3.76. The zero-order chi connectivity index (χ0) is 18.9. The lowest BCUT2D eigenvalue weighted by Gasteiger charge is -2.22. The minimum Gasteiger partial charge on any atom is -0.355 e. The van der Waals surface area contributed by atoms with E-state index in [1.807, 2.05) is 0 Å². The summed E-state index contributed by atoms with van der Waals surface area (Å²) in [6.07, 6.45) is 1.35. The highest BCUT2D eigenvalue weighted by molar-refractivity contribution is 7.89. The third-order valence-electron chi connectivity index (χ3n) is 4.22. The van der Waals surface area contributed by atoms with Crippen molar-refractivity contribution in [1.29, 1.82) is 0 Å². The minimum atomic E-state index is -4.18. The van der Waals surface area contributed by atoms with Crippen molar-refractivity contribution >= 4 is 15.9 Å². The summed E-state index contributed by atoms with van der Waals surface area (Å²) in [6.45, 7) is 0.0248. The van der Waals surface area contributed by atoms with E-state index in [2.05, 4.69) is 5.32 Å². The topological polar surface area (TPSA) is 66.5 Å². The molecule has 0 bridgehead atoms. The van der Waals surface area contributed by atoms with Crippen LogP contribution < -0.4 is 5.32 Å². The number of carbonyl (C=O) groups excluding carboxylic acids is 1. The molecule has 0 aromatic heterocycles. The van der Waals surface area contributed by atoms with Gasteiger partial charge in [0.2, 0.25) is 10.0 Å². The summed E-state index contributed by atoms with van der Waals surface area (Å²) in [5.74, 6) is -2.03. The lowest BCUT2D eigenvalue weighted by molar-refractivity contribution is 0.0963. The number of rotatable bonds is 6. The lowest BCUT2D eigenvalue weighted by Crippen LogP contribution is -2.33. The smallest absolute Gasteiger partial charge is 0.251 e. The molecule has 1 saturated carbocycles. The van der Waals surface area contributed by atoms with Crippen molar-refractivity contribution in [2.24, 2.45) is 0 Å². The van der Waals surface area contributed by atoms with Crippen molar-refractivity contribution in [1.82, 2.24) is 9.62 Å². The van der Waals surface area contributed by atoms with Crippen LogP contribution in [0.15, 0.2) is 47.4 Å². The average molecular weight is 380 g/mol. The van der Waals surface area contributed by atoms with Gasteiger partial charge in [-0.15, -0.1) is 0 Å². The first-order valence-corrected chi connectivity index (χ1v) is 9.55. The standard InChI is InChI=1S/C18H18F2N2O3S/c1-21-18(23)13-4-2-12(3-5-13)11-22(15-7-8-15)26(24,25)17-10-14(19)6-9-16(17)20/h2-6,9-10,15H,7-8,11H2,1H3,(H,21,23). The Morgan fingerprint density at radius 3 is 2.38 bits per heavy atom. The van der Waals surface area contributed by atoms with E-state index < -0.39 is 26.6 Å². The molecule has 1 fully saturated rings. The van der Waals surface area contributed by atoms with Crippen LogP contribution in [0.2, 0.25) is 0 Å². The number of hydrogen-bond donors (Lipinski definition) is 1. The van der Waals surface area contributed by atoms with Crippen LogP contribution in [0.25, 0.3) is 0 Å². The maximum absolute atomic E-state index is 14.0. The van der Waals surface area contributed by atoms with E-state index in [0.717, 1.165) is 12.1 Å². The zero-order valence-corrected chi connectivity index (χ0v) is 14.9. The molecule has 0 radical (unpaired) electrons. The van der Waals surface area contributed by atoms with E-state index in [9.17, 15) is 22.0 Å². The number of hydrogen-bond acceptors (Lipinski definition) is 3. The van der Waals surface area contributed by atoms with Gasteiger partial charge in [0.1, 0.15) is 16.5 Å². The molecule has 0 aliphatic heterocycles. The van der Waals surface area contributed by atoms with Gasteiger partial charge < -0.3 is 5.32 Å². The van der Waals surface area contributed by atoms with Gasteiger partial charge in [0.25, 0.3) is 5.91 Å². The third-order valence-corrected chi connectivity index (χ3v) is 6.13. The number of amides is 1. The van der Waals surface area contributed by atoms with Crippen LogP contribution >= 0.6 is 0 Å². The maximum atomic E-state index is 14.0. The highest BCUT2D eigenvalue weighted by atomic mass is 32.2. The van der Waals surface area contributed by atoms with Gasteiger partial charge in [0.15, 0.2) is 0 Å². The molecular formula is C18H18F2N2O3S. The highest BCUT2D eigenvalue weighted by Crippen LogP contribution is 2.34. The number of nitrogens with one attached hydrogen (secondary N) is 1. The van der Waals surface area contributed by atoms with Crippen molar-refractivity contribution in [3.05, 3.63) is 65.2 Å². The molecule has 1 N–H and O–H groups in total. The van der Waals surface area contributed by atoms with Crippen molar-refractivity contribution in [3.63, 3.8) is 0 Å². The average Bonchev–Trinajstić information content (AvgIpc) is 3.46. The molecule has 0 spiro atoms.